The van der Waals surface area contributed by atoms with Gasteiger partial charge in [0.05, 0.1) is 81.5 Å². The lowest BCUT2D eigenvalue weighted by molar-refractivity contribution is -0.671. The molecule has 0 atom stereocenters. The molecule has 0 saturated carbocycles. The summed E-state index contributed by atoms with van der Waals surface area (Å²) in [5.41, 5.74) is 28.6. The highest BCUT2D eigenvalue weighted by Crippen LogP contribution is 2.42. The summed E-state index contributed by atoms with van der Waals surface area (Å²) in [6.45, 7) is 0.208. The van der Waals surface area contributed by atoms with E-state index in [1.807, 2.05) is 193 Å². The van der Waals surface area contributed by atoms with Gasteiger partial charge < -0.3 is 30.0 Å². The van der Waals surface area contributed by atoms with Crippen molar-refractivity contribution < 1.29 is 28.5 Å². The molecule has 0 saturated heterocycles. The smallest absolute Gasteiger partial charge is 0.213 e. The van der Waals surface area contributed by atoms with Crippen molar-refractivity contribution in [1.29, 1.82) is 0 Å². The first-order chi connectivity index (χ1) is 53.7. The summed E-state index contributed by atoms with van der Waals surface area (Å²) in [5, 5.41) is 23.3. The van der Waals surface area contributed by atoms with Crippen LogP contribution in [0.1, 0.15) is 67.3 Å². The lowest BCUT2D eigenvalue weighted by Gasteiger charge is -2.16. The summed E-state index contributed by atoms with van der Waals surface area (Å²) in [6, 6.07) is 40.6. The van der Waals surface area contributed by atoms with E-state index in [1.165, 1.54) is 0 Å². The number of hydrogen-bond donors (Lipinski definition) is 4. The number of pyridine rings is 4. The molecular weight excluding hydrogens is 1360 g/mol. The highest BCUT2D eigenvalue weighted by Gasteiger charge is 2.31. The van der Waals surface area contributed by atoms with Gasteiger partial charge in [0.25, 0.3) is 0 Å². The van der Waals surface area contributed by atoms with E-state index in [0.29, 0.717) is 11.1 Å². The molecule has 0 aliphatic carbocycles. The number of aromatic amines is 2. The van der Waals surface area contributed by atoms with E-state index in [0.717, 1.165) is 180 Å². The largest absolute Gasteiger partial charge is 0.493 e. The van der Waals surface area contributed by atoms with E-state index in [-0.39, 0.29) is 24.9 Å². The Morgan fingerprint density at radius 3 is 0.827 bits per heavy atom. The van der Waals surface area contributed by atoms with Crippen LogP contribution in [-0.2, 0) is 28.2 Å². The van der Waals surface area contributed by atoms with Crippen LogP contribution in [0.4, 0.5) is 0 Å². The van der Waals surface area contributed by atoms with Crippen molar-refractivity contribution in [3.8, 4) is 0 Å². The lowest BCUT2D eigenvalue weighted by atomic mass is 9.97. The van der Waals surface area contributed by atoms with Gasteiger partial charge in [-0.15, -0.1) is 0 Å². The number of aliphatic hydroxyl groups excluding tert-OH is 2. The van der Waals surface area contributed by atoms with Gasteiger partial charge in [-0.3, -0.25) is 0 Å². The van der Waals surface area contributed by atoms with Crippen LogP contribution >= 0.6 is 0 Å². The summed E-state index contributed by atoms with van der Waals surface area (Å²) < 4.78 is 8.09. The summed E-state index contributed by atoms with van der Waals surface area (Å²) in [7, 11) is 12.1. The minimum Gasteiger partial charge on any atom is -0.493 e. The molecule has 18 nitrogen and oxygen atoms in total. The predicted molar refractivity (Wildman–Crippen MR) is 437 cm³/mol. The van der Waals surface area contributed by atoms with E-state index in [1.54, 1.807) is 0 Å². The predicted octanol–water partition coefficient (Wildman–Crippen LogP) is 13.6. The van der Waals surface area contributed by atoms with E-state index >= 15 is 0 Å². The monoisotopic (exact) mass is 1430 g/mol. The zero-order valence-corrected chi connectivity index (χ0v) is 61.3. The number of aryl methyl sites for hydroxylation is 4. The maximum Gasteiger partial charge on any atom is 0.213 e. The second-order valence-electron chi connectivity index (χ2n) is 27.9. The molecule has 6 aromatic heterocycles. The van der Waals surface area contributed by atoms with Crippen molar-refractivity contribution >= 4 is 85.1 Å². The third-order valence-electron chi connectivity index (χ3n) is 20.5. The first kappa shape index (κ1) is 67.4. The van der Waals surface area contributed by atoms with Gasteiger partial charge in [0.2, 0.25) is 11.8 Å². The fourth-order valence-electron chi connectivity index (χ4n) is 14.8. The number of rotatable bonds is 11. The van der Waals surface area contributed by atoms with E-state index in [4.69, 9.17) is 30.0 Å². The van der Waals surface area contributed by atoms with Gasteiger partial charge in [0.15, 0.2) is 49.6 Å². The normalized spacial score (nSPS) is 17.8. The van der Waals surface area contributed by atoms with Crippen LogP contribution in [0, 0.1) is 0 Å². The molecule has 16 bridgehead atoms. The van der Waals surface area contributed by atoms with E-state index in [2.05, 4.69) is 190 Å². The molecular formula is C92H74N16O2+4. The fourth-order valence-corrected chi connectivity index (χ4v) is 14.8. The maximum atomic E-state index is 11.6. The van der Waals surface area contributed by atoms with Crippen LogP contribution in [-0.4, -0.2) is 103 Å². The average Bonchev–Trinajstić information content (AvgIpc) is 1.61. The number of fused-ring (bicyclic) bond motifs is 10. The van der Waals surface area contributed by atoms with Gasteiger partial charge >= 0.3 is 0 Å². The van der Waals surface area contributed by atoms with Crippen molar-refractivity contribution in [3.63, 3.8) is 0 Å². The third-order valence-corrected chi connectivity index (χ3v) is 20.5. The summed E-state index contributed by atoms with van der Waals surface area (Å²) >= 11 is 0. The number of benzene rings is 2. The summed E-state index contributed by atoms with van der Waals surface area (Å²) in [4.78, 5) is 53.6. The fraction of sp³-hybridized carbons (Fsp3) is 0.0870. The van der Waals surface area contributed by atoms with Crippen LogP contribution < -0.4 is 18.3 Å². The Morgan fingerprint density at radius 1 is 0.291 bits per heavy atom. The average molecular weight is 1440 g/mol. The number of aromatic nitrogens is 6. The minimum absolute atomic E-state index is 0.104. The molecule has 0 amide bonds. The Bertz CT molecular complexity index is 6160. The molecule has 530 valence electrons. The Kier molecular flexibility index (Phi) is 17.2. The molecule has 18 heteroatoms. The van der Waals surface area contributed by atoms with Crippen LogP contribution in [0.25, 0.3) is 39.0 Å². The second kappa shape index (κ2) is 28.1. The zero-order valence-electron chi connectivity index (χ0n) is 61.3. The van der Waals surface area contributed by atoms with E-state index in [9.17, 15) is 10.2 Å². The second-order valence-corrected chi connectivity index (χ2v) is 27.9. The number of hydrogen-bond acceptors (Lipinski definition) is 10. The first-order valence-electron chi connectivity index (χ1n) is 36.4. The van der Waals surface area contributed by atoms with Gasteiger partial charge in [-0.1, -0.05) is 24.3 Å². The van der Waals surface area contributed by atoms with Crippen LogP contribution in [0.5, 0.6) is 0 Å². The molecule has 0 spiro atoms. The molecule has 8 aromatic rings. The number of aliphatic imine (C=N–C) groups is 8. The number of nitrogens with zero attached hydrogens (tertiary/aromatic N) is 14. The van der Waals surface area contributed by atoms with Gasteiger partial charge in [-0.05, 0) is 190 Å². The molecule has 0 fully saturated rings. The quantitative estimate of drug-likeness (QED) is 0.0434. The van der Waals surface area contributed by atoms with Crippen molar-refractivity contribution in [1.82, 2.24) is 19.8 Å². The van der Waals surface area contributed by atoms with Gasteiger partial charge in [0.1, 0.15) is 28.2 Å². The molecule has 0 unspecified atom stereocenters. The maximum absolute atomic E-state index is 11.6. The summed E-state index contributed by atoms with van der Waals surface area (Å²) in [6.07, 6.45) is 57.9. The number of allylic oxidation sites excluding steroid dienone is 23. The third kappa shape index (κ3) is 12.9. The van der Waals surface area contributed by atoms with Gasteiger partial charge in [-0.25, -0.2) is 58.2 Å². The Labute approximate surface area is 636 Å². The highest BCUT2D eigenvalue weighted by molar-refractivity contribution is 6.39. The van der Waals surface area contributed by atoms with Crippen LogP contribution in [0.15, 0.2) is 384 Å². The molecule has 10 aliphatic rings. The highest BCUT2D eigenvalue weighted by atomic mass is 16.3. The number of aliphatic hydroxyl groups is 2. The molecule has 10 aliphatic heterocycles. The van der Waals surface area contributed by atoms with Crippen LogP contribution in [0.3, 0.4) is 0 Å². The molecule has 0 radical (unpaired) electrons. The molecule has 18 rings (SSSR count). The Hall–Kier alpha value is -14.5. The Morgan fingerprint density at radius 2 is 0.527 bits per heavy atom. The summed E-state index contributed by atoms with van der Waals surface area (Å²) in [5.74, 6) is -0.315. The zero-order chi connectivity index (χ0) is 74.7. The van der Waals surface area contributed by atoms with Gasteiger partial charge in [0, 0.05) is 166 Å². The van der Waals surface area contributed by atoms with Crippen molar-refractivity contribution in [2.24, 2.45) is 68.1 Å². The SMILES string of the molecule is CN1C=CC(=C2C3=NC(=C(c4cc[n+](C)cc4)C4=NC(=C(c5cc[n+](C)cc5)c5ccc([nH]5)C(c5ccc(C(O)=NCCN=C(O)c6ccc(C7=C8C=CC(=N8)C(c8cc[n+](C)cc8)=C8C=CC(=N8)C(c8cc[n+](C)cc8)=C8C=CC(=N8)C(=C8C=CN(C)C=C8)c8ccc7[nH]8)cc6)cc5)=C5C=CC2=N5)C=C4)C=C3)C=C1. The molecule has 110 heavy (non-hydrogen) atoms. The number of nitrogens with one attached hydrogen (secondary N) is 2. The molecule has 4 N–H and O–H groups in total. The Balaban J connectivity index is 0.656. The van der Waals surface area contributed by atoms with Crippen molar-refractivity contribution in [2.45, 2.75) is 0 Å². The van der Waals surface area contributed by atoms with Crippen molar-refractivity contribution in [2.75, 3.05) is 27.2 Å². The number of H-pyrrole nitrogens is 2. The lowest BCUT2D eigenvalue weighted by Crippen LogP contribution is -2.26. The minimum atomic E-state index is -0.157. The van der Waals surface area contributed by atoms with E-state index < -0.39 is 0 Å². The topological polar surface area (TPSA) is 193 Å². The molecule has 2 aromatic carbocycles. The first-order valence-corrected chi connectivity index (χ1v) is 36.4. The van der Waals surface area contributed by atoms with Crippen LogP contribution in [0.2, 0.25) is 0 Å². The molecule has 16 heterocycles. The van der Waals surface area contributed by atoms with Crippen molar-refractivity contribution in [3.05, 3.63) is 411 Å². The standard InChI is InChI=1S/C92H72N16O2/c1-103-45-31-59(32-46-103)85-71-19-15-67(95-71)83(68-16-20-72(96-68)86(60-33-47-104(2)48-34-60)76-24-28-80(100-76)89(79-27-23-75(85)99-79)63-39-53-107(5)54-40-63)57-7-11-65(12-8-57)91(109)93-43-44-94-92(110)66-13-9-58(10-14-66)84-69-17-21-73(97-69)87(61-35-49-105(3)50-36-61)77-25-29-81(101-77)90(64-41-55-108(6)56-42-64)82-30-26-78(102-82)88(74-22-18-70(84)98-74)62-37-51-106(4)52-38-62/h7-42,45-56H,43-44H2,1-6H3,(H2-2,93,94,95,96,97,98,99,100,101,102,109,110)/q+2/p+2. The van der Waals surface area contributed by atoms with Gasteiger partial charge in [-0.2, -0.15) is 0 Å².